The van der Waals surface area contributed by atoms with Crippen molar-refractivity contribution in [1.82, 2.24) is 4.90 Å². The number of nitrogens with zero attached hydrogens (tertiary/aromatic N) is 1. The molecule has 1 aliphatic carbocycles. The van der Waals surface area contributed by atoms with Crippen LogP contribution in [0.4, 0.5) is 0 Å². The summed E-state index contributed by atoms with van der Waals surface area (Å²) in [5.74, 6) is 2.03. The van der Waals surface area contributed by atoms with Crippen molar-refractivity contribution < 1.29 is 0 Å². The van der Waals surface area contributed by atoms with Crippen molar-refractivity contribution in [3.63, 3.8) is 0 Å². The lowest BCUT2D eigenvalue weighted by atomic mass is 9.80. The van der Waals surface area contributed by atoms with Gasteiger partial charge < -0.3 is 5.73 Å². The number of piperidine rings is 1. The summed E-state index contributed by atoms with van der Waals surface area (Å²) in [6.45, 7) is 3.75. The SMILES string of the molecule is CCC1CCC(CN2C3CCC2CC(N)C3)CC1. The summed E-state index contributed by atoms with van der Waals surface area (Å²) in [7, 11) is 0. The molecule has 104 valence electrons. The first-order valence-electron chi connectivity index (χ1n) is 8.27. The number of nitrogens with two attached hydrogens (primary N) is 1. The molecule has 18 heavy (non-hydrogen) atoms. The van der Waals surface area contributed by atoms with Crippen LogP contribution in [0.3, 0.4) is 0 Å². The molecule has 3 aliphatic rings. The number of hydrogen-bond acceptors (Lipinski definition) is 2. The summed E-state index contributed by atoms with van der Waals surface area (Å²) < 4.78 is 0. The zero-order valence-electron chi connectivity index (χ0n) is 12.0. The minimum absolute atomic E-state index is 0.495. The lowest BCUT2D eigenvalue weighted by Gasteiger charge is -2.41. The van der Waals surface area contributed by atoms with Crippen molar-refractivity contribution in [2.75, 3.05) is 6.54 Å². The van der Waals surface area contributed by atoms with E-state index in [-0.39, 0.29) is 0 Å². The van der Waals surface area contributed by atoms with Gasteiger partial charge in [0.15, 0.2) is 0 Å². The minimum Gasteiger partial charge on any atom is -0.328 e. The fraction of sp³-hybridized carbons (Fsp3) is 1.00. The van der Waals surface area contributed by atoms with E-state index in [0.717, 1.165) is 23.9 Å². The van der Waals surface area contributed by atoms with Gasteiger partial charge in [-0.15, -0.1) is 0 Å². The molecule has 0 aromatic rings. The van der Waals surface area contributed by atoms with Gasteiger partial charge in [0, 0.05) is 24.7 Å². The molecule has 3 rings (SSSR count). The van der Waals surface area contributed by atoms with Crippen LogP contribution in [0.15, 0.2) is 0 Å². The maximum absolute atomic E-state index is 6.16. The summed E-state index contributed by atoms with van der Waals surface area (Å²) in [4.78, 5) is 2.85. The van der Waals surface area contributed by atoms with Gasteiger partial charge in [0.05, 0.1) is 0 Å². The quantitative estimate of drug-likeness (QED) is 0.833. The van der Waals surface area contributed by atoms with Gasteiger partial charge in [0.2, 0.25) is 0 Å². The van der Waals surface area contributed by atoms with Gasteiger partial charge in [-0.25, -0.2) is 0 Å². The van der Waals surface area contributed by atoms with Crippen LogP contribution in [0.25, 0.3) is 0 Å². The van der Waals surface area contributed by atoms with Crippen molar-refractivity contribution in [3.8, 4) is 0 Å². The Morgan fingerprint density at radius 1 is 0.889 bits per heavy atom. The molecule has 2 unspecified atom stereocenters. The summed E-state index contributed by atoms with van der Waals surface area (Å²) in [6, 6.07) is 2.17. The van der Waals surface area contributed by atoms with Crippen molar-refractivity contribution in [3.05, 3.63) is 0 Å². The van der Waals surface area contributed by atoms with Crippen LogP contribution in [-0.2, 0) is 0 Å². The van der Waals surface area contributed by atoms with Gasteiger partial charge in [-0.3, -0.25) is 4.90 Å². The van der Waals surface area contributed by atoms with Crippen molar-refractivity contribution in [2.24, 2.45) is 17.6 Å². The van der Waals surface area contributed by atoms with E-state index in [1.54, 1.807) is 0 Å². The van der Waals surface area contributed by atoms with Crippen LogP contribution in [0.2, 0.25) is 0 Å². The summed E-state index contributed by atoms with van der Waals surface area (Å²) in [6.07, 6.45) is 12.7. The zero-order chi connectivity index (χ0) is 12.5. The second-order valence-corrected chi connectivity index (χ2v) is 7.11. The average Bonchev–Trinajstić information content (AvgIpc) is 2.62. The van der Waals surface area contributed by atoms with E-state index >= 15 is 0 Å². The fourth-order valence-corrected chi connectivity index (χ4v) is 4.73. The van der Waals surface area contributed by atoms with E-state index in [4.69, 9.17) is 5.73 Å². The van der Waals surface area contributed by atoms with E-state index in [2.05, 4.69) is 11.8 Å². The molecular formula is C16H30N2. The number of hydrogen-bond donors (Lipinski definition) is 1. The molecule has 2 N–H and O–H groups in total. The Balaban J connectivity index is 1.52. The lowest BCUT2D eigenvalue weighted by Crippen LogP contribution is -2.49. The predicted molar refractivity (Wildman–Crippen MR) is 76.5 cm³/mol. The van der Waals surface area contributed by atoms with Gasteiger partial charge in [-0.2, -0.15) is 0 Å². The van der Waals surface area contributed by atoms with Gasteiger partial charge in [0.25, 0.3) is 0 Å². The highest BCUT2D eigenvalue weighted by Gasteiger charge is 2.40. The molecule has 2 aliphatic heterocycles. The van der Waals surface area contributed by atoms with Crippen molar-refractivity contribution >= 4 is 0 Å². The Morgan fingerprint density at radius 2 is 1.44 bits per heavy atom. The molecule has 2 nitrogen and oxygen atoms in total. The molecule has 1 saturated carbocycles. The second kappa shape index (κ2) is 5.50. The van der Waals surface area contributed by atoms with Crippen LogP contribution in [-0.4, -0.2) is 29.6 Å². The molecule has 0 aromatic heterocycles. The fourth-order valence-electron chi connectivity index (χ4n) is 4.73. The lowest BCUT2D eigenvalue weighted by molar-refractivity contribution is 0.0906. The van der Waals surface area contributed by atoms with E-state index in [0.29, 0.717) is 6.04 Å². The van der Waals surface area contributed by atoms with E-state index in [9.17, 15) is 0 Å². The smallest absolute Gasteiger partial charge is 0.0114 e. The second-order valence-electron chi connectivity index (χ2n) is 7.11. The first kappa shape index (κ1) is 12.9. The summed E-state index contributed by atoms with van der Waals surface area (Å²) in [5, 5.41) is 0. The third-order valence-electron chi connectivity index (χ3n) is 5.93. The maximum atomic E-state index is 6.16. The first-order valence-corrected chi connectivity index (χ1v) is 8.27. The molecule has 2 bridgehead atoms. The Kier molecular flexibility index (Phi) is 3.95. The Morgan fingerprint density at radius 3 is 2.00 bits per heavy atom. The van der Waals surface area contributed by atoms with Gasteiger partial charge in [0.1, 0.15) is 0 Å². The molecule has 0 aromatic carbocycles. The van der Waals surface area contributed by atoms with Crippen LogP contribution < -0.4 is 5.73 Å². The van der Waals surface area contributed by atoms with Crippen LogP contribution in [0.1, 0.15) is 64.7 Å². The Hall–Kier alpha value is -0.0800. The summed E-state index contributed by atoms with van der Waals surface area (Å²) >= 11 is 0. The van der Waals surface area contributed by atoms with E-state index in [1.807, 2.05) is 0 Å². The van der Waals surface area contributed by atoms with Crippen LogP contribution >= 0.6 is 0 Å². The number of rotatable bonds is 3. The van der Waals surface area contributed by atoms with Crippen molar-refractivity contribution in [1.29, 1.82) is 0 Å². The van der Waals surface area contributed by atoms with Gasteiger partial charge in [-0.1, -0.05) is 26.2 Å². The predicted octanol–water partition coefficient (Wildman–Crippen LogP) is 3.16. The van der Waals surface area contributed by atoms with E-state index in [1.165, 1.54) is 64.3 Å². The van der Waals surface area contributed by atoms with E-state index < -0.39 is 0 Å². The van der Waals surface area contributed by atoms with Gasteiger partial charge >= 0.3 is 0 Å². The molecular weight excluding hydrogens is 220 g/mol. The minimum atomic E-state index is 0.495. The molecule has 2 atom stereocenters. The normalized spacial score (nSPS) is 45.3. The third kappa shape index (κ3) is 2.60. The highest BCUT2D eigenvalue weighted by atomic mass is 15.2. The largest absolute Gasteiger partial charge is 0.328 e. The molecule has 2 saturated heterocycles. The van der Waals surface area contributed by atoms with Crippen LogP contribution in [0.5, 0.6) is 0 Å². The molecule has 3 fully saturated rings. The Labute approximate surface area is 112 Å². The topological polar surface area (TPSA) is 29.3 Å². The first-order chi connectivity index (χ1) is 8.76. The summed E-state index contributed by atoms with van der Waals surface area (Å²) in [5.41, 5.74) is 6.16. The van der Waals surface area contributed by atoms with Gasteiger partial charge in [-0.05, 0) is 50.4 Å². The molecule has 2 heterocycles. The standard InChI is InChI=1S/C16H30N2/c1-2-12-3-5-13(6-4-12)11-18-15-7-8-16(18)10-14(17)9-15/h12-16H,2-11,17H2,1H3. The molecule has 2 heteroatoms. The highest BCUT2D eigenvalue weighted by molar-refractivity contribution is 4.97. The Bertz CT molecular complexity index is 256. The highest BCUT2D eigenvalue weighted by Crippen LogP contribution is 2.38. The number of fused-ring (bicyclic) bond motifs is 2. The molecule has 0 amide bonds. The zero-order valence-corrected chi connectivity index (χ0v) is 12.0. The van der Waals surface area contributed by atoms with Crippen LogP contribution in [0, 0.1) is 11.8 Å². The van der Waals surface area contributed by atoms with Crippen molar-refractivity contribution in [2.45, 2.75) is 82.8 Å². The average molecular weight is 250 g/mol. The maximum Gasteiger partial charge on any atom is 0.0114 e. The third-order valence-corrected chi connectivity index (χ3v) is 5.93. The molecule has 0 spiro atoms. The molecule has 0 radical (unpaired) electrons. The monoisotopic (exact) mass is 250 g/mol.